The Labute approximate surface area is 100 Å². The van der Waals surface area contributed by atoms with Gasteiger partial charge in [-0.3, -0.25) is 14.8 Å². The molecule has 0 spiro atoms. The molecule has 1 rings (SSSR count). The first-order valence-electron chi connectivity index (χ1n) is 4.70. The Balaban J connectivity index is 2.71. The molecule has 0 aliphatic carbocycles. The number of H-pyrrole nitrogens is 2. The Morgan fingerprint density at radius 2 is 1.88 bits per heavy atom. The fourth-order valence-electron chi connectivity index (χ4n) is 1.01. The zero-order chi connectivity index (χ0) is 13.0. The Bertz CT molecular complexity index is 535. The van der Waals surface area contributed by atoms with Crippen molar-refractivity contribution in [2.45, 2.75) is 18.7 Å². The number of carbonyl (C=O) groups excluding carboxylic acids is 1. The summed E-state index contributed by atoms with van der Waals surface area (Å²) in [5.74, 6) is -0.553. The Morgan fingerprint density at radius 3 is 2.35 bits per heavy atom. The number of nitrogens with zero attached hydrogens (tertiary/aromatic N) is 1. The predicted molar refractivity (Wildman–Crippen MR) is 61.4 cm³/mol. The summed E-state index contributed by atoms with van der Waals surface area (Å²) in [6, 6.07) is 0. The lowest BCUT2D eigenvalue weighted by atomic mass is 10.5. The van der Waals surface area contributed by atoms with Crippen LogP contribution >= 0.6 is 12.6 Å². The summed E-state index contributed by atoms with van der Waals surface area (Å²) in [5, 5.41) is -0.583. The minimum Gasteiger partial charge on any atom is -0.463 e. The van der Waals surface area contributed by atoms with Crippen LogP contribution in [0.5, 0.6) is 0 Å². The minimum atomic E-state index is -0.878. The Kier molecular flexibility index (Phi) is 4.32. The number of hydrogen-bond donors (Lipinski definition) is 3. The average Bonchev–Trinajstić information content (AvgIpc) is 2.21. The van der Waals surface area contributed by atoms with Crippen molar-refractivity contribution in [2.75, 3.05) is 6.61 Å². The highest BCUT2D eigenvalue weighted by Crippen LogP contribution is 1.95. The van der Waals surface area contributed by atoms with Gasteiger partial charge < -0.3 is 4.74 Å². The number of ether oxygens (including phenoxy) is 1. The molecule has 1 aromatic rings. The van der Waals surface area contributed by atoms with E-state index in [0.717, 1.165) is 4.57 Å². The minimum absolute atomic E-state index is 0.142. The second kappa shape index (κ2) is 5.53. The van der Waals surface area contributed by atoms with E-state index in [2.05, 4.69) is 12.6 Å². The smallest absolute Gasteiger partial charge is 0.333 e. The van der Waals surface area contributed by atoms with Crippen LogP contribution in [0.1, 0.15) is 6.92 Å². The summed E-state index contributed by atoms with van der Waals surface area (Å²) in [5.41, 5.74) is -2.58. The van der Waals surface area contributed by atoms with Gasteiger partial charge in [-0.25, -0.2) is 19.0 Å². The zero-order valence-corrected chi connectivity index (χ0v) is 9.82. The van der Waals surface area contributed by atoms with Crippen LogP contribution in [0.15, 0.2) is 14.4 Å². The number of aromatic amines is 2. The fourth-order valence-corrected chi connectivity index (χ4v) is 1.09. The van der Waals surface area contributed by atoms with E-state index in [-0.39, 0.29) is 13.2 Å². The molecule has 8 nitrogen and oxygen atoms in total. The molecule has 0 radical (unpaired) electrons. The molecule has 1 atom stereocenters. The highest BCUT2D eigenvalue weighted by Gasteiger charge is 2.09. The van der Waals surface area contributed by atoms with Crippen molar-refractivity contribution < 1.29 is 9.53 Å². The molecule has 0 aliphatic heterocycles. The van der Waals surface area contributed by atoms with E-state index in [1.165, 1.54) is 6.92 Å². The zero-order valence-electron chi connectivity index (χ0n) is 8.93. The van der Waals surface area contributed by atoms with Crippen LogP contribution in [0.25, 0.3) is 0 Å². The van der Waals surface area contributed by atoms with Gasteiger partial charge in [0.05, 0.1) is 11.8 Å². The van der Waals surface area contributed by atoms with Gasteiger partial charge in [0.2, 0.25) is 0 Å². The SMILES string of the molecule is CC(S)C(=O)OCCn1c(=O)[nH]c(=O)[nH]c1=O. The molecule has 17 heavy (non-hydrogen) atoms. The third kappa shape index (κ3) is 3.63. The second-order valence-corrected chi connectivity index (χ2v) is 3.96. The molecule has 1 unspecified atom stereocenters. The maximum absolute atomic E-state index is 11.2. The van der Waals surface area contributed by atoms with Gasteiger partial charge >= 0.3 is 23.0 Å². The van der Waals surface area contributed by atoms with E-state index in [4.69, 9.17) is 4.74 Å². The lowest BCUT2D eigenvalue weighted by Crippen LogP contribution is -2.44. The molecule has 94 valence electrons. The molecule has 1 aromatic heterocycles. The van der Waals surface area contributed by atoms with Gasteiger partial charge in [-0.1, -0.05) is 0 Å². The average molecular weight is 261 g/mol. The molecule has 0 aromatic carbocycles. The number of aromatic nitrogens is 3. The van der Waals surface area contributed by atoms with Crippen LogP contribution in [0, 0.1) is 0 Å². The maximum atomic E-state index is 11.2. The van der Waals surface area contributed by atoms with E-state index in [9.17, 15) is 19.2 Å². The number of esters is 1. The largest absolute Gasteiger partial charge is 0.463 e. The third-order valence-electron chi connectivity index (χ3n) is 1.83. The number of thiol groups is 1. The quantitative estimate of drug-likeness (QED) is 0.432. The second-order valence-electron chi connectivity index (χ2n) is 3.18. The Morgan fingerprint density at radius 1 is 1.35 bits per heavy atom. The van der Waals surface area contributed by atoms with Crippen molar-refractivity contribution in [1.82, 2.24) is 14.5 Å². The van der Waals surface area contributed by atoms with Gasteiger partial charge in [-0.2, -0.15) is 12.6 Å². The van der Waals surface area contributed by atoms with Crippen molar-refractivity contribution >= 4 is 18.6 Å². The van der Waals surface area contributed by atoms with E-state index >= 15 is 0 Å². The van der Waals surface area contributed by atoms with Gasteiger partial charge in [-0.15, -0.1) is 0 Å². The molecule has 0 fully saturated rings. The molecule has 1 heterocycles. The van der Waals surface area contributed by atoms with Crippen molar-refractivity contribution in [3.63, 3.8) is 0 Å². The summed E-state index contributed by atoms with van der Waals surface area (Å²) < 4.78 is 5.45. The lowest BCUT2D eigenvalue weighted by Gasteiger charge is -2.06. The van der Waals surface area contributed by atoms with Gasteiger partial charge in [0.15, 0.2) is 0 Å². The van der Waals surface area contributed by atoms with Gasteiger partial charge in [0.25, 0.3) is 0 Å². The topological polar surface area (TPSA) is 114 Å². The predicted octanol–water partition coefficient (Wildman–Crippen LogP) is -1.91. The number of hydrogen-bond acceptors (Lipinski definition) is 6. The monoisotopic (exact) mass is 261 g/mol. The van der Waals surface area contributed by atoms with Crippen molar-refractivity contribution in [2.24, 2.45) is 0 Å². The van der Waals surface area contributed by atoms with Crippen LogP contribution in [0.3, 0.4) is 0 Å². The highest BCUT2D eigenvalue weighted by molar-refractivity contribution is 7.81. The highest BCUT2D eigenvalue weighted by atomic mass is 32.1. The van der Waals surface area contributed by atoms with E-state index < -0.39 is 28.3 Å². The molecule has 2 N–H and O–H groups in total. The van der Waals surface area contributed by atoms with Crippen LogP contribution < -0.4 is 17.1 Å². The first-order valence-corrected chi connectivity index (χ1v) is 5.21. The lowest BCUT2D eigenvalue weighted by molar-refractivity contribution is -0.142. The van der Waals surface area contributed by atoms with Gasteiger partial charge in [-0.05, 0) is 6.92 Å². The molecule has 0 saturated carbocycles. The summed E-state index contributed by atoms with van der Waals surface area (Å²) in [4.78, 5) is 47.9. The standard InChI is InChI=1S/C8H11N3O5S/c1-4(17)5(12)16-3-2-11-7(14)9-6(13)10-8(11)15/h4,17H,2-3H2,1H3,(H2,9,10,13,14,15). The van der Waals surface area contributed by atoms with Crippen LogP contribution in [0.4, 0.5) is 0 Å². The molecule has 0 saturated heterocycles. The normalized spacial score (nSPS) is 12.1. The van der Waals surface area contributed by atoms with Crippen LogP contribution in [-0.2, 0) is 16.1 Å². The fraction of sp³-hybridized carbons (Fsp3) is 0.500. The number of rotatable bonds is 4. The summed E-state index contributed by atoms with van der Waals surface area (Å²) >= 11 is 3.85. The molecule has 0 bridgehead atoms. The first kappa shape index (κ1) is 13.3. The molecule has 0 amide bonds. The maximum Gasteiger partial charge on any atom is 0.333 e. The van der Waals surface area contributed by atoms with Crippen LogP contribution in [-0.4, -0.2) is 32.4 Å². The first-order chi connectivity index (χ1) is 7.91. The molecular formula is C8H11N3O5S. The van der Waals surface area contributed by atoms with Gasteiger partial charge in [0.1, 0.15) is 6.61 Å². The Hall–Kier alpha value is -1.77. The summed E-state index contributed by atoms with van der Waals surface area (Å²) in [7, 11) is 0. The van der Waals surface area contributed by atoms with Crippen molar-refractivity contribution in [3.05, 3.63) is 31.5 Å². The van der Waals surface area contributed by atoms with Crippen LogP contribution in [0.2, 0.25) is 0 Å². The number of nitrogens with one attached hydrogen (secondary N) is 2. The molecule has 0 aliphatic rings. The summed E-state index contributed by atoms with van der Waals surface area (Å²) in [6.07, 6.45) is 0. The van der Waals surface area contributed by atoms with Crippen molar-refractivity contribution in [1.29, 1.82) is 0 Å². The number of carbonyl (C=O) groups is 1. The van der Waals surface area contributed by atoms with E-state index in [1.807, 2.05) is 9.97 Å². The van der Waals surface area contributed by atoms with Crippen molar-refractivity contribution in [3.8, 4) is 0 Å². The van der Waals surface area contributed by atoms with E-state index in [1.54, 1.807) is 0 Å². The van der Waals surface area contributed by atoms with Gasteiger partial charge in [0, 0.05) is 0 Å². The van der Waals surface area contributed by atoms with E-state index in [0.29, 0.717) is 0 Å². The third-order valence-corrected chi connectivity index (χ3v) is 2.04. The summed E-state index contributed by atoms with van der Waals surface area (Å²) in [6.45, 7) is 1.24. The molecular weight excluding hydrogens is 250 g/mol. The molecule has 9 heteroatoms.